The van der Waals surface area contributed by atoms with Crippen LogP contribution in [0.15, 0.2) is 4.63 Å². The monoisotopic (exact) mass is 280 g/mol. The highest BCUT2D eigenvalue weighted by Crippen LogP contribution is 2.18. The first-order valence-electron chi connectivity index (χ1n) is 6.10. The number of carbonyl (C=O) groups is 1. The molecule has 2 aromatic rings. The Kier molecular flexibility index (Phi) is 4.26. The highest BCUT2D eigenvalue weighted by molar-refractivity contribution is 7.11. The summed E-state index contributed by atoms with van der Waals surface area (Å²) < 4.78 is 4.56. The fourth-order valence-corrected chi connectivity index (χ4v) is 2.56. The van der Waals surface area contributed by atoms with Gasteiger partial charge in [-0.3, -0.25) is 4.79 Å². The first kappa shape index (κ1) is 13.7. The van der Waals surface area contributed by atoms with Crippen LogP contribution < -0.4 is 5.32 Å². The lowest BCUT2D eigenvalue weighted by atomic mass is 10.2. The van der Waals surface area contributed by atoms with Crippen molar-refractivity contribution in [1.82, 2.24) is 20.6 Å². The topological polar surface area (TPSA) is 80.9 Å². The predicted molar refractivity (Wildman–Crippen MR) is 70.8 cm³/mol. The van der Waals surface area contributed by atoms with Crippen LogP contribution in [-0.2, 0) is 24.2 Å². The number of aromatic nitrogens is 3. The van der Waals surface area contributed by atoms with Crippen LogP contribution in [0.3, 0.4) is 0 Å². The van der Waals surface area contributed by atoms with E-state index in [2.05, 4.69) is 32.2 Å². The van der Waals surface area contributed by atoms with E-state index in [1.165, 1.54) is 0 Å². The molecule has 7 heteroatoms. The van der Waals surface area contributed by atoms with Gasteiger partial charge in [0.25, 0.3) is 0 Å². The number of nitrogens with zero attached hydrogens (tertiary/aromatic N) is 3. The number of hydrogen-bond donors (Lipinski definition) is 1. The molecular formula is C12H16N4O2S. The molecule has 0 atom stereocenters. The maximum atomic E-state index is 11.8. The van der Waals surface area contributed by atoms with Gasteiger partial charge >= 0.3 is 0 Å². The van der Waals surface area contributed by atoms with Crippen molar-refractivity contribution in [3.05, 3.63) is 27.0 Å². The molecule has 0 aromatic carbocycles. The third kappa shape index (κ3) is 3.37. The minimum Gasteiger partial charge on any atom is -0.351 e. The Morgan fingerprint density at radius 2 is 2.11 bits per heavy atom. The SMILES string of the molecule is CCc1nc(C)c(CNC(=O)Cc2nonc2C)s1. The molecule has 0 unspecified atom stereocenters. The van der Waals surface area contributed by atoms with Crippen LogP contribution in [0.2, 0.25) is 0 Å². The van der Waals surface area contributed by atoms with Gasteiger partial charge in [0.1, 0.15) is 11.4 Å². The fraction of sp³-hybridized carbons (Fsp3) is 0.500. The Morgan fingerprint density at radius 1 is 1.32 bits per heavy atom. The molecule has 0 aliphatic rings. The molecule has 0 fully saturated rings. The van der Waals surface area contributed by atoms with E-state index in [1.807, 2.05) is 6.92 Å². The summed E-state index contributed by atoms with van der Waals surface area (Å²) in [5, 5.41) is 11.3. The van der Waals surface area contributed by atoms with E-state index in [-0.39, 0.29) is 12.3 Å². The Hall–Kier alpha value is -1.76. The minimum atomic E-state index is -0.0929. The lowest BCUT2D eigenvalue weighted by Crippen LogP contribution is -2.24. The van der Waals surface area contributed by atoms with Crippen LogP contribution in [0.4, 0.5) is 0 Å². The third-order valence-corrected chi connectivity index (χ3v) is 4.06. The second kappa shape index (κ2) is 5.92. The largest absolute Gasteiger partial charge is 0.351 e. The summed E-state index contributed by atoms with van der Waals surface area (Å²) in [5.41, 5.74) is 2.21. The molecule has 0 aliphatic heterocycles. The number of rotatable bonds is 5. The van der Waals surface area contributed by atoms with Gasteiger partial charge in [0.15, 0.2) is 0 Å². The molecule has 2 aromatic heterocycles. The van der Waals surface area contributed by atoms with Crippen molar-refractivity contribution in [1.29, 1.82) is 0 Å². The van der Waals surface area contributed by atoms with Gasteiger partial charge < -0.3 is 5.32 Å². The van der Waals surface area contributed by atoms with Crippen LogP contribution in [0.5, 0.6) is 0 Å². The zero-order chi connectivity index (χ0) is 13.8. The molecule has 102 valence electrons. The lowest BCUT2D eigenvalue weighted by Gasteiger charge is -2.02. The van der Waals surface area contributed by atoms with Crippen LogP contribution in [0, 0.1) is 13.8 Å². The molecule has 19 heavy (non-hydrogen) atoms. The zero-order valence-electron chi connectivity index (χ0n) is 11.2. The van der Waals surface area contributed by atoms with Crippen LogP contribution in [-0.4, -0.2) is 21.2 Å². The van der Waals surface area contributed by atoms with Crippen LogP contribution >= 0.6 is 11.3 Å². The quantitative estimate of drug-likeness (QED) is 0.899. The van der Waals surface area contributed by atoms with Crippen molar-refractivity contribution < 1.29 is 9.42 Å². The van der Waals surface area contributed by atoms with Crippen molar-refractivity contribution >= 4 is 17.2 Å². The summed E-state index contributed by atoms with van der Waals surface area (Å²) in [6, 6.07) is 0. The van der Waals surface area contributed by atoms with Gasteiger partial charge in [-0.15, -0.1) is 11.3 Å². The Balaban J connectivity index is 1.89. The molecule has 0 aliphatic carbocycles. The Labute approximate surface area is 115 Å². The average Bonchev–Trinajstić information content (AvgIpc) is 2.94. The molecule has 0 bridgehead atoms. The summed E-state index contributed by atoms with van der Waals surface area (Å²) in [7, 11) is 0. The molecule has 0 saturated heterocycles. The Morgan fingerprint density at radius 3 is 2.68 bits per heavy atom. The van der Waals surface area contributed by atoms with E-state index in [0.717, 1.165) is 22.0 Å². The minimum absolute atomic E-state index is 0.0929. The number of amides is 1. The van der Waals surface area contributed by atoms with Crippen molar-refractivity contribution in [3.8, 4) is 0 Å². The highest BCUT2D eigenvalue weighted by Gasteiger charge is 2.12. The number of nitrogens with one attached hydrogen (secondary N) is 1. The van der Waals surface area contributed by atoms with Gasteiger partial charge in [-0.05, 0) is 20.3 Å². The van der Waals surface area contributed by atoms with Crippen LogP contribution in [0.25, 0.3) is 0 Å². The summed E-state index contributed by atoms with van der Waals surface area (Å²) in [6.45, 7) is 6.30. The number of aryl methyl sites for hydroxylation is 3. The second-order valence-corrected chi connectivity index (χ2v) is 5.39. The molecule has 1 amide bonds. The molecular weight excluding hydrogens is 264 g/mol. The Bertz CT molecular complexity index is 576. The highest BCUT2D eigenvalue weighted by atomic mass is 32.1. The summed E-state index contributed by atoms with van der Waals surface area (Å²) in [6.07, 6.45) is 1.11. The average molecular weight is 280 g/mol. The number of carbonyl (C=O) groups excluding carboxylic acids is 1. The van der Waals surface area contributed by atoms with E-state index in [9.17, 15) is 4.79 Å². The summed E-state index contributed by atoms with van der Waals surface area (Å²) in [4.78, 5) is 17.3. The maximum Gasteiger partial charge on any atom is 0.226 e. The predicted octanol–water partition coefficient (Wildman–Crippen LogP) is 1.56. The molecule has 0 spiro atoms. The van der Waals surface area contributed by atoms with Gasteiger partial charge in [0.05, 0.1) is 23.7 Å². The third-order valence-electron chi connectivity index (χ3n) is 2.76. The van der Waals surface area contributed by atoms with E-state index in [4.69, 9.17) is 0 Å². The van der Waals surface area contributed by atoms with E-state index < -0.39 is 0 Å². The number of hydrogen-bond acceptors (Lipinski definition) is 6. The first-order valence-corrected chi connectivity index (χ1v) is 6.91. The standard InChI is InChI=1S/C12H16N4O2S/c1-4-12-14-8(3)10(19-12)6-13-11(17)5-9-7(2)15-18-16-9/h4-6H2,1-3H3,(H,13,17). The molecule has 2 heterocycles. The van der Waals surface area contributed by atoms with Crippen molar-refractivity contribution in [2.75, 3.05) is 0 Å². The van der Waals surface area contributed by atoms with Gasteiger partial charge in [-0.25, -0.2) is 9.61 Å². The molecule has 0 radical (unpaired) electrons. The normalized spacial score (nSPS) is 10.7. The van der Waals surface area contributed by atoms with E-state index in [0.29, 0.717) is 17.9 Å². The van der Waals surface area contributed by atoms with E-state index >= 15 is 0 Å². The molecule has 2 rings (SSSR count). The van der Waals surface area contributed by atoms with Crippen LogP contribution in [0.1, 0.15) is 33.9 Å². The van der Waals surface area contributed by atoms with Gasteiger partial charge in [-0.2, -0.15) is 0 Å². The van der Waals surface area contributed by atoms with Crippen molar-refractivity contribution in [2.24, 2.45) is 0 Å². The molecule has 1 N–H and O–H groups in total. The second-order valence-electron chi connectivity index (χ2n) is 4.22. The number of thiazole rings is 1. The maximum absolute atomic E-state index is 11.8. The molecule has 0 saturated carbocycles. The lowest BCUT2D eigenvalue weighted by molar-refractivity contribution is -0.120. The van der Waals surface area contributed by atoms with E-state index in [1.54, 1.807) is 18.3 Å². The smallest absolute Gasteiger partial charge is 0.226 e. The first-order chi connectivity index (χ1) is 9.10. The van der Waals surface area contributed by atoms with Gasteiger partial charge in [0, 0.05) is 4.88 Å². The summed E-state index contributed by atoms with van der Waals surface area (Å²) in [5.74, 6) is -0.0929. The molecule has 6 nitrogen and oxygen atoms in total. The zero-order valence-corrected chi connectivity index (χ0v) is 12.0. The fourth-order valence-electron chi connectivity index (χ4n) is 1.61. The van der Waals surface area contributed by atoms with Gasteiger partial charge in [-0.1, -0.05) is 17.2 Å². The van der Waals surface area contributed by atoms with Gasteiger partial charge in [0.2, 0.25) is 5.91 Å². The van der Waals surface area contributed by atoms with Crippen molar-refractivity contribution in [2.45, 2.75) is 40.2 Å². The van der Waals surface area contributed by atoms with Crippen molar-refractivity contribution in [3.63, 3.8) is 0 Å². The summed E-state index contributed by atoms with van der Waals surface area (Å²) >= 11 is 1.64.